The van der Waals surface area contributed by atoms with Crippen LogP contribution in [0.15, 0.2) is 58.1 Å². The van der Waals surface area contributed by atoms with Crippen LogP contribution >= 0.6 is 11.3 Å². The van der Waals surface area contributed by atoms with Crippen molar-refractivity contribution in [3.63, 3.8) is 0 Å². The van der Waals surface area contributed by atoms with Gasteiger partial charge in [0.2, 0.25) is 0 Å². The van der Waals surface area contributed by atoms with Crippen molar-refractivity contribution in [1.29, 1.82) is 0 Å². The summed E-state index contributed by atoms with van der Waals surface area (Å²) in [7, 11) is 1.54. The Morgan fingerprint density at radius 2 is 1.35 bits per heavy atom. The molecule has 2 heterocycles. The highest BCUT2D eigenvalue weighted by molar-refractivity contribution is 7.25. The Kier molecular flexibility index (Phi) is 2.32. The van der Waals surface area contributed by atoms with Crippen molar-refractivity contribution >= 4 is 53.1 Å². The van der Waals surface area contributed by atoms with Crippen LogP contribution in [0.5, 0.6) is 0 Å². The first-order chi connectivity index (χ1) is 11.2. The predicted octanol–water partition coefficient (Wildman–Crippen LogP) is 3.86. The van der Waals surface area contributed by atoms with Gasteiger partial charge in [0.25, 0.3) is 11.1 Å². The largest absolute Gasteiger partial charge is 0.277 e. The van der Waals surface area contributed by atoms with E-state index in [1.165, 1.54) is 16.3 Å². The first-order valence-corrected chi connectivity index (χ1v) is 8.18. The maximum Gasteiger partial charge on any atom is 0.261 e. The maximum atomic E-state index is 12.5. The summed E-state index contributed by atoms with van der Waals surface area (Å²) in [6.07, 6.45) is 0. The summed E-state index contributed by atoms with van der Waals surface area (Å²) in [6, 6.07) is 15.9. The molecule has 0 saturated carbocycles. The van der Waals surface area contributed by atoms with Gasteiger partial charge in [-0.25, -0.2) is 0 Å². The molecule has 0 spiro atoms. The molecule has 0 aliphatic heterocycles. The molecule has 5 rings (SSSR count). The predicted molar refractivity (Wildman–Crippen MR) is 97.0 cm³/mol. The van der Waals surface area contributed by atoms with Gasteiger partial charge in [0.1, 0.15) is 0 Å². The van der Waals surface area contributed by atoms with E-state index in [1.54, 1.807) is 11.3 Å². The summed E-state index contributed by atoms with van der Waals surface area (Å²) in [5.74, 6) is 0. The Balaban J connectivity index is 2.25. The van der Waals surface area contributed by atoms with Gasteiger partial charge in [0, 0.05) is 38.0 Å². The Hall–Kier alpha value is -2.72. The number of nitrogens with zero attached hydrogens (tertiary/aromatic N) is 1. The fraction of sp³-hybridized carbons (Fsp3) is 0.0526. The minimum absolute atomic E-state index is 0.227. The molecule has 0 N–H and O–H groups in total. The molecule has 0 saturated heterocycles. The van der Waals surface area contributed by atoms with Crippen LogP contribution in [0.1, 0.15) is 0 Å². The van der Waals surface area contributed by atoms with E-state index in [1.807, 2.05) is 36.4 Å². The van der Waals surface area contributed by atoms with Gasteiger partial charge in [-0.1, -0.05) is 24.3 Å². The third-order valence-corrected chi connectivity index (χ3v) is 5.73. The first kappa shape index (κ1) is 12.8. The molecule has 4 heteroatoms. The molecule has 110 valence electrons. The zero-order chi connectivity index (χ0) is 15.7. The monoisotopic (exact) mass is 317 g/mol. The average molecular weight is 317 g/mol. The lowest BCUT2D eigenvalue weighted by molar-refractivity contribution is 0.841. The highest BCUT2D eigenvalue weighted by atomic mass is 32.1. The fourth-order valence-corrected chi connectivity index (χ4v) is 4.60. The molecule has 0 unspecified atom stereocenters. The quantitative estimate of drug-likeness (QED) is 0.321. The van der Waals surface area contributed by atoms with Crippen LogP contribution in [0, 0.1) is 0 Å². The second-order valence-corrected chi connectivity index (χ2v) is 6.87. The standard InChI is InChI=1S/C19H11NO2S/c1-20-18(21)12-7-6-11-10-4-2-3-5-14(10)23-15-9-8-13(19(20)22)16(12)17(11)15/h2-9H,1H3. The molecule has 0 aliphatic carbocycles. The molecule has 5 aromatic rings. The lowest BCUT2D eigenvalue weighted by Gasteiger charge is -2.12. The summed E-state index contributed by atoms with van der Waals surface area (Å²) in [5.41, 5.74) is -0.454. The molecule has 3 aromatic carbocycles. The normalized spacial score (nSPS) is 12.0. The van der Waals surface area contributed by atoms with E-state index in [9.17, 15) is 9.59 Å². The molecule has 0 bridgehead atoms. The SMILES string of the molecule is Cn1c(=O)c2ccc3sc4ccccc4c4ccc(c1=O)c2c34. The van der Waals surface area contributed by atoms with E-state index in [0.717, 1.165) is 26.2 Å². The first-order valence-electron chi connectivity index (χ1n) is 7.36. The van der Waals surface area contributed by atoms with Gasteiger partial charge in [-0.3, -0.25) is 14.2 Å². The molecule has 0 amide bonds. The van der Waals surface area contributed by atoms with Crippen molar-refractivity contribution in [2.24, 2.45) is 7.05 Å². The van der Waals surface area contributed by atoms with Crippen LogP contribution < -0.4 is 11.1 Å². The zero-order valence-electron chi connectivity index (χ0n) is 12.3. The van der Waals surface area contributed by atoms with Gasteiger partial charge in [0.05, 0.1) is 0 Å². The van der Waals surface area contributed by atoms with Crippen molar-refractivity contribution in [1.82, 2.24) is 4.57 Å². The number of hydrogen-bond donors (Lipinski definition) is 0. The highest BCUT2D eigenvalue weighted by Crippen LogP contribution is 2.39. The third kappa shape index (κ3) is 1.48. The molecule has 3 nitrogen and oxygen atoms in total. The third-order valence-electron chi connectivity index (χ3n) is 4.59. The van der Waals surface area contributed by atoms with Crippen molar-refractivity contribution < 1.29 is 0 Å². The number of rotatable bonds is 0. The van der Waals surface area contributed by atoms with Crippen LogP contribution in [0.3, 0.4) is 0 Å². The van der Waals surface area contributed by atoms with E-state index in [0.29, 0.717) is 10.8 Å². The van der Waals surface area contributed by atoms with Crippen molar-refractivity contribution in [3.8, 4) is 0 Å². The summed E-state index contributed by atoms with van der Waals surface area (Å²) < 4.78 is 3.50. The summed E-state index contributed by atoms with van der Waals surface area (Å²) in [6.45, 7) is 0. The van der Waals surface area contributed by atoms with Crippen LogP contribution in [0.25, 0.3) is 41.7 Å². The van der Waals surface area contributed by atoms with Crippen molar-refractivity contribution in [2.75, 3.05) is 0 Å². The number of fused-ring (bicyclic) bond motifs is 2. The Morgan fingerprint density at radius 3 is 2.13 bits per heavy atom. The van der Waals surface area contributed by atoms with E-state index >= 15 is 0 Å². The molecule has 2 aromatic heterocycles. The van der Waals surface area contributed by atoms with Crippen LogP contribution in [-0.2, 0) is 7.05 Å². The smallest absolute Gasteiger partial charge is 0.261 e. The average Bonchev–Trinajstić information content (AvgIpc) is 2.59. The number of aromatic nitrogens is 1. The highest BCUT2D eigenvalue weighted by Gasteiger charge is 2.16. The molecule has 0 atom stereocenters. The summed E-state index contributed by atoms with van der Waals surface area (Å²) >= 11 is 1.69. The minimum atomic E-state index is -0.227. The molecular weight excluding hydrogens is 306 g/mol. The number of benzene rings is 3. The fourth-order valence-electron chi connectivity index (χ4n) is 3.48. The second-order valence-electron chi connectivity index (χ2n) is 5.79. The summed E-state index contributed by atoms with van der Waals surface area (Å²) in [5, 5.41) is 5.31. The number of hydrogen-bond acceptors (Lipinski definition) is 3. The lowest BCUT2D eigenvalue weighted by atomic mass is 9.98. The van der Waals surface area contributed by atoms with Gasteiger partial charge >= 0.3 is 0 Å². The van der Waals surface area contributed by atoms with Crippen LogP contribution in [0.2, 0.25) is 0 Å². The van der Waals surface area contributed by atoms with E-state index in [2.05, 4.69) is 12.1 Å². The zero-order valence-corrected chi connectivity index (χ0v) is 13.1. The summed E-state index contributed by atoms with van der Waals surface area (Å²) in [4.78, 5) is 25.0. The molecule has 0 radical (unpaired) electrons. The molecular formula is C19H11NO2S. The topological polar surface area (TPSA) is 39.1 Å². The second kappa shape index (κ2) is 4.18. The Morgan fingerprint density at radius 1 is 0.696 bits per heavy atom. The van der Waals surface area contributed by atoms with E-state index in [-0.39, 0.29) is 11.1 Å². The maximum absolute atomic E-state index is 12.5. The lowest BCUT2D eigenvalue weighted by Crippen LogP contribution is -2.30. The van der Waals surface area contributed by atoms with E-state index in [4.69, 9.17) is 0 Å². The Bertz CT molecular complexity index is 1330. The molecule has 23 heavy (non-hydrogen) atoms. The molecule has 0 fully saturated rings. The Labute approximate surface area is 134 Å². The van der Waals surface area contributed by atoms with Gasteiger partial charge in [-0.15, -0.1) is 11.3 Å². The van der Waals surface area contributed by atoms with Crippen molar-refractivity contribution in [2.45, 2.75) is 0 Å². The van der Waals surface area contributed by atoms with Gasteiger partial charge in [-0.2, -0.15) is 0 Å². The van der Waals surface area contributed by atoms with Gasteiger partial charge < -0.3 is 0 Å². The van der Waals surface area contributed by atoms with Gasteiger partial charge in [-0.05, 0) is 35.0 Å². The number of pyridine rings is 1. The van der Waals surface area contributed by atoms with Gasteiger partial charge in [0.15, 0.2) is 0 Å². The van der Waals surface area contributed by atoms with E-state index < -0.39 is 0 Å². The van der Waals surface area contributed by atoms with Crippen LogP contribution in [-0.4, -0.2) is 4.57 Å². The van der Waals surface area contributed by atoms with Crippen LogP contribution in [0.4, 0.5) is 0 Å². The van der Waals surface area contributed by atoms with Crippen molar-refractivity contribution in [3.05, 3.63) is 69.2 Å². The minimum Gasteiger partial charge on any atom is -0.277 e. The molecule has 0 aliphatic rings.